The average molecular weight is 395 g/mol. The van der Waals surface area contributed by atoms with Gasteiger partial charge in [0, 0.05) is 37.8 Å². The molecular weight excluding hydrogens is 370 g/mol. The molecule has 148 valence electrons. The molecule has 8 nitrogen and oxygen atoms in total. The number of amides is 3. The summed E-state index contributed by atoms with van der Waals surface area (Å²) < 4.78 is 23.4. The quantitative estimate of drug-likeness (QED) is 0.775. The van der Waals surface area contributed by atoms with E-state index in [1.54, 1.807) is 31.2 Å². The van der Waals surface area contributed by atoms with E-state index in [9.17, 15) is 22.8 Å². The highest BCUT2D eigenvalue weighted by Crippen LogP contribution is 2.21. The fraction of sp³-hybridized carbons (Fsp3) is 0.500. The fourth-order valence-electron chi connectivity index (χ4n) is 3.20. The van der Waals surface area contributed by atoms with E-state index in [-0.39, 0.29) is 41.8 Å². The smallest absolute Gasteiger partial charge is 0.242 e. The number of nitrogens with one attached hydrogen (secondary N) is 1. The van der Waals surface area contributed by atoms with E-state index in [1.807, 2.05) is 0 Å². The minimum absolute atomic E-state index is 0.0297. The number of anilines is 2. The Labute approximate surface area is 159 Å². The van der Waals surface area contributed by atoms with Crippen LogP contribution in [-0.4, -0.2) is 61.7 Å². The molecule has 0 spiro atoms. The Morgan fingerprint density at radius 1 is 1.15 bits per heavy atom. The first kappa shape index (κ1) is 20.9. The minimum atomic E-state index is -3.10. The van der Waals surface area contributed by atoms with Crippen LogP contribution < -0.4 is 10.2 Å². The summed E-state index contributed by atoms with van der Waals surface area (Å²) in [5, 5.41) is 2.64. The second kappa shape index (κ2) is 8.51. The van der Waals surface area contributed by atoms with Crippen molar-refractivity contribution in [3.05, 3.63) is 24.3 Å². The molecule has 1 aliphatic heterocycles. The highest BCUT2D eigenvalue weighted by Gasteiger charge is 2.34. The number of carbonyl (C=O) groups is 3. The number of rotatable bonds is 6. The predicted molar refractivity (Wildman–Crippen MR) is 103 cm³/mol. The highest BCUT2D eigenvalue weighted by molar-refractivity contribution is 7.91. The molecule has 3 amide bonds. The Morgan fingerprint density at radius 2 is 1.78 bits per heavy atom. The maximum absolute atomic E-state index is 12.8. The molecule has 1 unspecified atom stereocenters. The van der Waals surface area contributed by atoms with E-state index in [2.05, 4.69) is 5.32 Å². The van der Waals surface area contributed by atoms with E-state index < -0.39 is 9.84 Å². The van der Waals surface area contributed by atoms with Gasteiger partial charge in [-0.25, -0.2) is 8.42 Å². The lowest BCUT2D eigenvalue weighted by molar-refractivity contribution is -0.132. The number of carbonyl (C=O) groups excluding carboxylic acids is 3. The number of likely N-dealkylation sites (N-methyl/N-ethyl adjacent to an activating group) is 1. The molecule has 1 aromatic rings. The lowest BCUT2D eigenvalue weighted by Gasteiger charge is -2.30. The molecule has 1 aliphatic rings. The van der Waals surface area contributed by atoms with Crippen LogP contribution >= 0.6 is 0 Å². The molecule has 1 aromatic carbocycles. The Kier molecular flexibility index (Phi) is 6.59. The van der Waals surface area contributed by atoms with Crippen molar-refractivity contribution in [2.24, 2.45) is 0 Å². The van der Waals surface area contributed by atoms with Gasteiger partial charge in [-0.15, -0.1) is 0 Å². The predicted octanol–water partition coefficient (Wildman–Crippen LogP) is 1.03. The van der Waals surface area contributed by atoms with Crippen molar-refractivity contribution in [2.75, 3.05) is 34.8 Å². The zero-order valence-electron chi connectivity index (χ0n) is 15.8. The van der Waals surface area contributed by atoms with Gasteiger partial charge in [-0.05, 0) is 37.6 Å². The first-order chi connectivity index (χ1) is 12.6. The topological polar surface area (TPSA) is 104 Å². The molecule has 0 aliphatic carbocycles. The van der Waals surface area contributed by atoms with Crippen LogP contribution in [0.15, 0.2) is 24.3 Å². The molecule has 27 heavy (non-hydrogen) atoms. The summed E-state index contributed by atoms with van der Waals surface area (Å²) in [6, 6.07) is 6.26. The Hall–Kier alpha value is -2.42. The summed E-state index contributed by atoms with van der Waals surface area (Å²) in [5.74, 6) is -0.738. The molecule has 1 fully saturated rings. The summed E-state index contributed by atoms with van der Waals surface area (Å²) in [6.07, 6.45) is 0.424. The van der Waals surface area contributed by atoms with Crippen LogP contribution in [0, 0.1) is 0 Å². The SMILES string of the molecule is CCN(C(=O)CN(C(C)=O)c1ccc(NC(C)=O)cc1)C1CCS(=O)(=O)C1. The van der Waals surface area contributed by atoms with Crippen molar-refractivity contribution >= 4 is 38.9 Å². The molecule has 1 atom stereocenters. The Balaban J connectivity index is 2.13. The second-order valence-electron chi connectivity index (χ2n) is 6.57. The zero-order valence-corrected chi connectivity index (χ0v) is 16.6. The van der Waals surface area contributed by atoms with Crippen LogP contribution in [0.1, 0.15) is 27.2 Å². The van der Waals surface area contributed by atoms with Gasteiger partial charge in [0.25, 0.3) is 0 Å². The van der Waals surface area contributed by atoms with Crippen LogP contribution in [0.3, 0.4) is 0 Å². The lowest BCUT2D eigenvalue weighted by Crippen LogP contribution is -2.47. The average Bonchev–Trinajstić information content (AvgIpc) is 2.93. The molecule has 0 saturated carbocycles. The van der Waals surface area contributed by atoms with E-state index in [1.165, 1.54) is 23.6 Å². The Morgan fingerprint density at radius 3 is 2.22 bits per heavy atom. The third kappa shape index (κ3) is 5.53. The van der Waals surface area contributed by atoms with Crippen LogP contribution in [0.25, 0.3) is 0 Å². The van der Waals surface area contributed by atoms with Gasteiger partial charge in [0.1, 0.15) is 6.54 Å². The van der Waals surface area contributed by atoms with Crippen molar-refractivity contribution in [3.63, 3.8) is 0 Å². The molecular formula is C18H25N3O5S. The van der Waals surface area contributed by atoms with Crippen molar-refractivity contribution in [2.45, 2.75) is 33.2 Å². The standard InChI is InChI=1S/C18H25N3O5S/c1-4-20(17-9-10-27(25,26)12-17)18(24)11-21(14(3)23)16-7-5-15(6-8-16)19-13(2)22/h5-8,17H,4,9-12H2,1-3H3,(H,19,22). The van der Waals surface area contributed by atoms with E-state index >= 15 is 0 Å². The fourth-order valence-corrected chi connectivity index (χ4v) is 4.93. The lowest BCUT2D eigenvalue weighted by atomic mass is 10.2. The summed E-state index contributed by atoms with van der Waals surface area (Å²) in [4.78, 5) is 38.8. The molecule has 1 heterocycles. The maximum Gasteiger partial charge on any atom is 0.242 e. The first-order valence-corrected chi connectivity index (χ1v) is 10.6. The van der Waals surface area contributed by atoms with Crippen LogP contribution in [-0.2, 0) is 24.2 Å². The monoisotopic (exact) mass is 395 g/mol. The normalized spacial score (nSPS) is 18.0. The first-order valence-electron chi connectivity index (χ1n) is 8.78. The zero-order chi connectivity index (χ0) is 20.2. The maximum atomic E-state index is 12.8. The number of benzene rings is 1. The van der Waals surface area contributed by atoms with E-state index in [0.717, 1.165) is 0 Å². The van der Waals surface area contributed by atoms with Crippen molar-refractivity contribution < 1.29 is 22.8 Å². The van der Waals surface area contributed by atoms with Crippen LogP contribution in [0.5, 0.6) is 0 Å². The summed E-state index contributed by atoms with van der Waals surface area (Å²) >= 11 is 0. The largest absolute Gasteiger partial charge is 0.337 e. The minimum Gasteiger partial charge on any atom is -0.337 e. The van der Waals surface area contributed by atoms with Gasteiger partial charge in [0.05, 0.1) is 11.5 Å². The molecule has 1 N–H and O–H groups in total. The second-order valence-corrected chi connectivity index (χ2v) is 8.80. The number of hydrogen-bond acceptors (Lipinski definition) is 5. The van der Waals surface area contributed by atoms with Gasteiger partial charge < -0.3 is 15.1 Å². The van der Waals surface area contributed by atoms with Crippen LogP contribution in [0.2, 0.25) is 0 Å². The molecule has 0 radical (unpaired) electrons. The third-order valence-corrected chi connectivity index (χ3v) is 6.23. The molecule has 0 bridgehead atoms. The summed E-state index contributed by atoms with van der Waals surface area (Å²) in [6.45, 7) is 4.77. The Bertz CT molecular complexity index is 820. The van der Waals surface area contributed by atoms with Crippen LogP contribution in [0.4, 0.5) is 11.4 Å². The number of hydrogen-bond donors (Lipinski definition) is 1. The van der Waals surface area contributed by atoms with E-state index in [0.29, 0.717) is 24.3 Å². The summed E-state index contributed by atoms with van der Waals surface area (Å²) in [5.41, 5.74) is 1.12. The third-order valence-electron chi connectivity index (χ3n) is 4.48. The van der Waals surface area contributed by atoms with Gasteiger partial charge >= 0.3 is 0 Å². The molecule has 1 saturated heterocycles. The van der Waals surface area contributed by atoms with Gasteiger partial charge in [-0.1, -0.05) is 0 Å². The van der Waals surface area contributed by atoms with Crippen molar-refractivity contribution in [3.8, 4) is 0 Å². The molecule has 9 heteroatoms. The van der Waals surface area contributed by atoms with Crippen molar-refractivity contribution in [1.29, 1.82) is 0 Å². The van der Waals surface area contributed by atoms with Crippen molar-refractivity contribution in [1.82, 2.24) is 4.90 Å². The number of nitrogens with zero attached hydrogens (tertiary/aromatic N) is 2. The highest BCUT2D eigenvalue weighted by atomic mass is 32.2. The molecule has 2 rings (SSSR count). The van der Waals surface area contributed by atoms with Gasteiger partial charge in [-0.2, -0.15) is 0 Å². The molecule has 0 aromatic heterocycles. The van der Waals surface area contributed by atoms with Gasteiger partial charge in [-0.3, -0.25) is 14.4 Å². The summed E-state index contributed by atoms with van der Waals surface area (Å²) in [7, 11) is -3.10. The van der Waals surface area contributed by atoms with Gasteiger partial charge in [0.2, 0.25) is 17.7 Å². The van der Waals surface area contributed by atoms with E-state index in [4.69, 9.17) is 0 Å². The van der Waals surface area contributed by atoms with Gasteiger partial charge in [0.15, 0.2) is 9.84 Å². The number of sulfone groups is 1.